The molecule has 0 radical (unpaired) electrons. The van der Waals surface area contributed by atoms with Crippen LogP contribution < -0.4 is 10.1 Å². The summed E-state index contributed by atoms with van der Waals surface area (Å²) >= 11 is 0. The Morgan fingerprint density at radius 1 is 1.21 bits per heavy atom. The minimum atomic E-state index is 0.293. The number of hydrogen-bond donors (Lipinski definition) is 1. The zero-order valence-corrected chi connectivity index (χ0v) is 12.5. The number of hydrogen-bond acceptors (Lipinski definition) is 2. The molecule has 0 aliphatic heterocycles. The maximum absolute atomic E-state index is 6.10. The average Bonchev–Trinajstić information content (AvgIpc) is 3.19. The molecule has 2 nitrogen and oxygen atoms in total. The van der Waals surface area contributed by atoms with Gasteiger partial charge in [0.15, 0.2) is 0 Å². The molecule has 1 atom stereocenters. The molecular weight excluding hydrogens is 234 g/mol. The summed E-state index contributed by atoms with van der Waals surface area (Å²) < 4.78 is 6.10. The van der Waals surface area contributed by atoms with Crippen LogP contribution in [-0.4, -0.2) is 18.7 Å². The largest absolute Gasteiger partial charge is 0.490 e. The van der Waals surface area contributed by atoms with E-state index in [9.17, 15) is 0 Å². The molecular formula is C17H27NO. The lowest BCUT2D eigenvalue weighted by molar-refractivity contribution is 0.205. The highest BCUT2D eigenvalue weighted by molar-refractivity contribution is 5.35. The Labute approximate surface area is 117 Å². The van der Waals surface area contributed by atoms with Crippen molar-refractivity contribution in [2.75, 3.05) is 6.54 Å². The lowest BCUT2D eigenvalue weighted by atomic mass is 10.0. The van der Waals surface area contributed by atoms with Gasteiger partial charge in [-0.3, -0.25) is 0 Å². The molecule has 0 aromatic heterocycles. The van der Waals surface area contributed by atoms with Gasteiger partial charge in [-0.25, -0.2) is 0 Å². The van der Waals surface area contributed by atoms with Crippen LogP contribution in [0.15, 0.2) is 24.3 Å². The molecule has 19 heavy (non-hydrogen) atoms. The summed E-state index contributed by atoms with van der Waals surface area (Å²) in [6.45, 7) is 7.73. The van der Waals surface area contributed by atoms with Crippen LogP contribution in [0.3, 0.4) is 0 Å². The maximum Gasteiger partial charge on any atom is 0.123 e. The number of ether oxygens (including phenoxy) is 1. The number of nitrogens with one attached hydrogen (secondary N) is 1. The highest BCUT2D eigenvalue weighted by Crippen LogP contribution is 2.27. The van der Waals surface area contributed by atoms with Gasteiger partial charge in [-0.05, 0) is 56.7 Å². The molecule has 1 N–H and O–H groups in total. The molecule has 1 unspecified atom stereocenters. The number of rotatable bonds is 8. The van der Waals surface area contributed by atoms with Gasteiger partial charge in [0.1, 0.15) is 5.75 Å². The van der Waals surface area contributed by atoms with E-state index in [1.807, 2.05) is 0 Å². The fourth-order valence-corrected chi connectivity index (χ4v) is 2.32. The summed E-state index contributed by atoms with van der Waals surface area (Å²) in [6.07, 6.45) is 5.34. The normalized spacial score (nSPS) is 16.6. The molecule has 1 fully saturated rings. The molecule has 1 aromatic rings. The fourth-order valence-electron chi connectivity index (χ4n) is 2.32. The minimum Gasteiger partial charge on any atom is -0.490 e. The van der Waals surface area contributed by atoms with Crippen molar-refractivity contribution < 1.29 is 4.74 Å². The molecule has 1 aromatic carbocycles. The van der Waals surface area contributed by atoms with Crippen molar-refractivity contribution in [3.63, 3.8) is 0 Å². The van der Waals surface area contributed by atoms with Crippen LogP contribution in [0.1, 0.15) is 57.9 Å². The third kappa shape index (κ3) is 4.87. The molecule has 0 bridgehead atoms. The van der Waals surface area contributed by atoms with E-state index in [2.05, 4.69) is 50.4 Å². The molecule has 1 aliphatic carbocycles. The van der Waals surface area contributed by atoms with Crippen LogP contribution in [0.4, 0.5) is 0 Å². The van der Waals surface area contributed by atoms with Crippen LogP contribution >= 0.6 is 0 Å². The van der Waals surface area contributed by atoms with Gasteiger partial charge in [-0.2, -0.15) is 0 Å². The Morgan fingerprint density at radius 2 is 1.95 bits per heavy atom. The summed E-state index contributed by atoms with van der Waals surface area (Å²) in [5, 5.41) is 3.55. The molecule has 0 amide bonds. The van der Waals surface area contributed by atoms with Crippen LogP contribution in [0.5, 0.6) is 5.75 Å². The summed E-state index contributed by atoms with van der Waals surface area (Å²) in [7, 11) is 0. The average molecular weight is 261 g/mol. The number of para-hydroxylation sites is 1. The van der Waals surface area contributed by atoms with Gasteiger partial charge in [0.25, 0.3) is 0 Å². The van der Waals surface area contributed by atoms with Crippen LogP contribution in [-0.2, 0) is 0 Å². The quantitative estimate of drug-likeness (QED) is 0.711. The second kappa shape index (κ2) is 6.95. The van der Waals surface area contributed by atoms with Crippen LogP contribution in [0.25, 0.3) is 0 Å². The van der Waals surface area contributed by atoms with E-state index in [0.29, 0.717) is 12.0 Å². The molecule has 2 rings (SSSR count). The predicted molar refractivity (Wildman–Crippen MR) is 80.9 cm³/mol. The predicted octanol–water partition coefficient (Wildman–Crippen LogP) is 4.11. The standard InChI is InChI=1S/C17H27NO/c1-13(2)16-8-4-5-9-17(16)19-14(3)7-6-12-18-15-10-11-15/h4-5,8-9,13-15,18H,6-7,10-12H2,1-3H3. The van der Waals surface area contributed by atoms with E-state index < -0.39 is 0 Å². The summed E-state index contributed by atoms with van der Waals surface area (Å²) in [6, 6.07) is 9.22. The Hall–Kier alpha value is -1.02. The van der Waals surface area contributed by atoms with E-state index in [-0.39, 0.29) is 0 Å². The van der Waals surface area contributed by atoms with Crippen molar-refractivity contribution in [3.05, 3.63) is 29.8 Å². The van der Waals surface area contributed by atoms with E-state index in [0.717, 1.165) is 24.8 Å². The molecule has 1 aliphatic rings. The first-order valence-corrected chi connectivity index (χ1v) is 7.65. The monoisotopic (exact) mass is 261 g/mol. The molecule has 1 saturated carbocycles. The SMILES string of the molecule is CC(CCCNC1CC1)Oc1ccccc1C(C)C. The van der Waals surface area contributed by atoms with Gasteiger partial charge < -0.3 is 10.1 Å². The smallest absolute Gasteiger partial charge is 0.123 e. The molecule has 106 valence electrons. The molecule has 2 heteroatoms. The first-order valence-electron chi connectivity index (χ1n) is 7.65. The summed E-state index contributed by atoms with van der Waals surface area (Å²) in [5.41, 5.74) is 1.31. The van der Waals surface area contributed by atoms with E-state index in [1.165, 1.54) is 24.8 Å². The van der Waals surface area contributed by atoms with Gasteiger partial charge in [0, 0.05) is 6.04 Å². The Kier molecular flexibility index (Phi) is 5.26. The van der Waals surface area contributed by atoms with Crippen molar-refractivity contribution in [2.24, 2.45) is 0 Å². The Balaban J connectivity index is 1.75. The Morgan fingerprint density at radius 3 is 2.63 bits per heavy atom. The van der Waals surface area contributed by atoms with Crippen molar-refractivity contribution in [3.8, 4) is 5.75 Å². The van der Waals surface area contributed by atoms with Crippen LogP contribution in [0.2, 0.25) is 0 Å². The maximum atomic E-state index is 6.10. The topological polar surface area (TPSA) is 21.3 Å². The minimum absolute atomic E-state index is 0.293. The molecule has 0 saturated heterocycles. The summed E-state index contributed by atoms with van der Waals surface area (Å²) in [5.74, 6) is 1.57. The van der Waals surface area contributed by atoms with Crippen LogP contribution in [0, 0.1) is 0 Å². The first kappa shape index (κ1) is 14.4. The van der Waals surface area contributed by atoms with Gasteiger partial charge in [0.2, 0.25) is 0 Å². The van der Waals surface area contributed by atoms with Gasteiger partial charge in [0.05, 0.1) is 6.10 Å². The highest BCUT2D eigenvalue weighted by Gasteiger charge is 2.19. The lowest BCUT2D eigenvalue weighted by Gasteiger charge is -2.19. The third-order valence-electron chi connectivity index (χ3n) is 3.67. The summed E-state index contributed by atoms with van der Waals surface area (Å²) in [4.78, 5) is 0. The van der Waals surface area contributed by atoms with Gasteiger partial charge >= 0.3 is 0 Å². The van der Waals surface area contributed by atoms with Crippen molar-refractivity contribution >= 4 is 0 Å². The van der Waals surface area contributed by atoms with Gasteiger partial charge in [-0.1, -0.05) is 32.0 Å². The second-order valence-electron chi connectivity index (χ2n) is 5.99. The molecule has 0 spiro atoms. The van der Waals surface area contributed by atoms with Crippen molar-refractivity contribution in [1.82, 2.24) is 5.32 Å². The van der Waals surface area contributed by atoms with Gasteiger partial charge in [-0.15, -0.1) is 0 Å². The lowest BCUT2D eigenvalue weighted by Crippen LogP contribution is -2.20. The Bertz CT molecular complexity index is 385. The third-order valence-corrected chi connectivity index (χ3v) is 3.67. The van der Waals surface area contributed by atoms with E-state index in [4.69, 9.17) is 4.74 Å². The highest BCUT2D eigenvalue weighted by atomic mass is 16.5. The zero-order valence-electron chi connectivity index (χ0n) is 12.5. The van der Waals surface area contributed by atoms with E-state index >= 15 is 0 Å². The zero-order chi connectivity index (χ0) is 13.7. The van der Waals surface area contributed by atoms with Crippen molar-refractivity contribution in [1.29, 1.82) is 0 Å². The number of benzene rings is 1. The fraction of sp³-hybridized carbons (Fsp3) is 0.647. The molecule has 0 heterocycles. The van der Waals surface area contributed by atoms with E-state index in [1.54, 1.807) is 0 Å². The first-order chi connectivity index (χ1) is 9.16. The second-order valence-corrected chi connectivity index (χ2v) is 5.99. The van der Waals surface area contributed by atoms with Crippen molar-refractivity contribution in [2.45, 2.75) is 64.5 Å².